The van der Waals surface area contributed by atoms with Crippen LogP contribution in [0, 0.1) is 12.7 Å². The van der Waals surface area contributed by atoms with Gasteiger partial charge in [-0.15, -0.1) is 11.3 Å². The fourth-order valence-corrected chi connectivity index (χ4v) is 5.71. The van der Waals surface area contributed by atoms with Gasteiger partial charge in [-0.2, -0.15) is 4.31 Å². The van der Waals surface area contributed by atoms with E-state index in [1.807, 2.05) is 0 Å². The lowest BCUT2D eigenvalue weighted by molar-refractivity contribution is 0.102. The average molecular weight is 462 g/mol. The van der Waals surface area contributed by atoms with E-state index in [-0.39, 0.29) is 16.3 Å². The zero-order valence-corrected chi connectivity index (χ0v) is 19.2. The van der Waals surface area contributed by atoms with E-state index >= 15 is 0 Å². The second-order valence-electron chi connectivity index (χ2n) is 6.92. The number of aryl methyl sites for hydroxylation is 1. The van der Waals surface area contributed by atoms with Gasteiger partial charge in [-0.05, 0) is 36.2 Å². The van der Waals surface area contributed by atoms with Gasteiger partial charge in [0.05, 0.1) is 4.90 Å². The number of halogens is 1. The largest absolute Gasteiger partial charge is 0.298 e. The molecule has 9 heteroatoms. The van der Waals surface area contributed by atoms with Crippen molar-refractivity contribution in [3.8, 4) is 0 Å². The Morgan fingerprint density at radius 2 is 1.87 bits per heavy atom. The highest BCUT2D eigenvalue weighted by atomic mass is 32.2. The fraction of sp³-hybridized carbons (Fsp3) is 0.273. The Morgan fingerprint density at radius 3 is 2.55 bits per heavy atom. The summed E-state index contributed by atoms with van der Waals surface area (Å²) in [7, 11) is -3.69. The van der Waals surface area contributed by atoms with Crippen molar-refractivity contribution >= 4 is 32.4 Å². The van der Waals surface area contributed by atoms with Gasteiger partial charge in [0, 0.05) is 36.1 Å². The van der Waals surface area contributed by atoms with Gasteiger partial charge in [0.25, 0.3) is 5.91 Å². The Labute approximate surface area is 185 Å². The van der Waals surface area contributed by atoms with Gasteiger partial charge < -0.3 is 0 Å². The maximum absolute atomic E-state index is 13.9. The summed E-state index contributed by atoms with van der Waals surface area (Å²) in [5.41, 5.74) is 1.35. The number of thiazole rings is 1. The van der Waals surface area contributed by atoms with Crippen LogP contribution < -0.4 is 5.32 Å². The minimum atomic E-state index is -3.69. The van der Waals surface area contributed by atoms with Crippen LogP contribution >= 0.6 is 11.3 Å². The topological polar surface area (TPSA) is 79.4 Å². The first kappa shape index (κ1) is 23.1. The number of hydrogen-bond acceptors (Lipinski definition) is 5. The summed E-state index contributed by atoms with van der Waals surface area (Å²) >= 11 is 1.25. The molecule has 1 heterocycles. The molecule has 6 nitrogen and oxygen atoms in total. The van der Waals surface area contributed by atoms with Gasteiger partial charge in [0.2, 0.25) is 10.0 Å². The van der Waals surface area contributed by atoms with Crippen LogP contribution in [0.25, 0.3) is 0 Å². The molecule has 0 saturated carbocycles. The Balaban J connectivity index is 1.79. The summed E-state index contributed by atoms with van der Waals surface area (Å²) in [4.78, 5) is 17.8. The van der Waals surface area contributed by atoms with E-state index in [0.717, 1.165) is 4.88 Å². The quantitative estimate of drug-likeness (QED) is 0.537. The second kappa shape index (κ2) is 9.67. The van der Waals surface area contributed by atoms with Gasteiger partial charge >= 0.3 is 0 Å². The molecule has 31 heavy (non-hydrogen) atoms. The number of benzene rings is 2. The van der Waals surface area contributed by atoms with Crippen molar-refractivity contribution in [3.05, 3.63) is 76.0 Å². The van der Waals surface area contributed by atoms with Crippen LogP contribution in [0.15, 0.2) is 53.6 Å². The summed E-state index contributed by atoms with van der Waals surface area (Å²) in [5.74, 6) is -0.745. The number of nitrogens with one attached hydrogen (secondary N) is 1. The molecular weight excluding hydrogens is 437 g/mol. The predicted octanol–water partition coefficient (Wildman–Crippen LogP) is 4.46. The molecule has 0 aliphatic rings. The number of nitrogens with zero attached hydrogens (tertiary/aromatic N) is 2. The van der Waals surface area contributed by atoms with E-state index in [1.165, 1.54) is 27.8 Å². The van der Waals surface area contributed by atoms with Crippen molar-refractivity contribution in [3.63, 3.8) is 0 Å². The highest BCUT2D eigenvalue weighted by Crippen LogP contribution is 2.25. The third-order valence-electron chi connectivity index (χ3n) is 4.87. The van der Waals surface area contributed by atoms with E-state index < -0.39 is 15.9 Å². The molecule has 0 saturated heterocycles. The lowest BCUT2D eigenvalue weighted by atomic mass is 10.1. The van der Waals surface area contributed by atoms with Crippen LogP contribution in [0.2, 0.25) is 0 Å². The molecule has 0 aliphatic heterocycles. The van der Waals surface area contributed by atoms with E-state index in [2.05, 4.69) is 10.3 Å². The van der Waals surface area contributed by atoms with Gasteiger partial charge in [-0.25, -0.2) is 17.8 Å². The van der Waals surface area contributed by atoms with E-state index in [1.54, 1.807) is 57.3 Å². The van der Waals surface area contributed by atoms with Gasteiger partial charge in [0.1, 0.15) is 5.82 Å². The van der Waals surface area contributed by atoms with Crippen LogP contribution in [-0.4, -0.2) is 36.7 Å². The number of amides is 1. The molecule has 1 amide bonds. The van der Waals surface area contributed by atoms with E-state index in [4.69, 9.17) is 0 Å². The number of sulfonamides is 1. The average Bonchev–Trinajstić information content (AvgIpc) is 3.17. The second-order valence-corrected chi connectivity index (χ2v) is 9.95. The Kier molecular flexibility index (Phi) is 7.19. The minimum absolute atomic E-state index is 0.114. The smallest absolute Gasteiger partial charge is 0.257 e. The third kappa shape index (κ3) is 5.17. The number of anilines is 1. The lowest BCUT2D eigenvalue weighted by Gasteiger charge is -2.20. The number of carbonyl (C=O) groups is 1. The summed E-state index contributed by atoms with van der Waals surface area (Å²) in [5, 5.41) is 3.07. The van der Waals surface area contributed by atoms with Crippen molar-refractivity contribution in [1.82, 2.24) is 9.29 Å². The van der Waals surface area contributed by atoms with Crippen molar-refractivity contribution in [2.24, 2.45) is 0 Å². The number of rotatable bonds is 8. The highest BCUT2D eigenvalue weighted by molar-refractivity contribution is 7.89. The van der Waals surface area contributed by atoms with Gasteiger partial charge in [-0.3, -0.25) is 10.1 Å². The first-order valence-corrected chi connectivity index (χ1v) is 12.1. The summed E-state index contributed by atoms with van der Waals surface area (Å²) in [6, 6.07) is 11.1. The third-order valence-corrected chi connectivity index (χ3v) is 7.97. The SMILES string of the molecule is CCN(CC)S(=O)(=O)c1cc(C(=O)Nc2ncc(Cc3ccccc3F)s2)ccc1C. The Morgan fingerprint density at radius 1 is 1.16 bits per heavy atom. The van der Waals surface area contributed by atoms with Crippen LogP contribution in [0.5, 0.6) is 0 Å². The van der Waals surface area contributed by atoms with Crippen molar-refractivity contribution in [1.29, 1.82) is 0 Å². The van der Waals surface area contributed by atoms with E-state index in [0.29, 0.717) is 35.8 Å². The molecule has 3 aromatic rings. The van der Waals surface area contributed by atoms with Crippen LogP contribution in [0.3, 0.4) is 0 Å². The molecule has 0 spiro atoms. The molecule has 2 aromatic carbocycles. The monoisotopic (exact) mass is 461 g/mol. The van der Waals surface area contributed by atoms with Gasteiger partial charge in [-0.1, -0.05) is 38.1 Å². The molecule has 0 radical (unpaired) electrons. The zero-order valence-electron chi connectivity index (χ0n) is 17.6. The predicted molar refractivity (Wildman–Crippen MR) is 121 cm³/mol. The lowest BCUT2D eigenvalue weighted by Crippen LogP contribution is -2.31. The Hall–Kier alpha value is -2.62. The Bertz CT molecular complexity index is 1190. The molecule has 0 atom stereocenters. The molecule has 164 valence electrons. The summed E-state index contributed by atoms with van der Waals surface area (Å²) < 4.78 is 41.0. The summed E-state index contributed by atoms with van der Waals surface area (Å²) in [6.45, 7) is 5.94. The maximum Gasteiger partial charge on any atom is 0.257 e. The van der Waals surface area contributed by atoms with Crippen molar-refractivity contribution < 1.29 is 17.6 Å². The first-order valence-electron chi connectivity index (χ1n) is 9.86. The van der Waals surface area contributed by atoms with Gasteiger partial charge in [0.15, 0.2) is 5.13 Å². The number of carbonyl (C=O) groups excluding carboxylic acids is 1. The summed E-state index contributed by atoms with van der Waals surface area (Å²) in [6.07, 6.45) is 1.97. The fourth-order valence-electron chi connectivity index (χ4n) is 3.17. The zero-order chi connectivity index (χ0) is 22.6. The number of hydrogen-bond donors (Lipinski definition) is 1. The van der Waals surface area contributed by atoms with Crippen molar-refractivity contribution in [2.75, 3.05) is 18.4 Å². The molecule has 0 unspecified atom stereocenters. The highest BCUT2D eigenvalue weighted by Gasteiger charge is 2.25. The van der Waals surface area contributed by atoms with Crippen LogP contribution in [-0.2, 0) is 16.4 Å². The standard InChI is InChI=1S/C22H24FN3O3S2/c1-4-26(5-2)31(28,29)20-13-17(11-10-15(20)3)21(27)25-22-24-14-18(30-22)12-16-8-6-7-9-19(16)23/h6-11,13-14H,4-5,12H2,1-3H3,(H,24,25,27). The van der Waals surface area contributed by atoms with E-state index in [9.17, 15) is 17.6 Å². The molecule has 3 rings (SSSR count). The first-order chi connectivity index (χ1) is 14.8. The minimum Gasteiger partial charge on any atom is -0.298 e. The number of aromatic nitrogens is 1. The van der Waals surface area contributed by atoms with Crippen LogP contribution in [0.4, 0.5) is 9.52 Å². The molecule has 0 bridgehead atoms. The molecule has 1 N–H and O–H groups in total. The molecule has 0 fully saturated rings. The maximum atomic E-state index is 13.9. The normalized spacial score (nSPS) is 11.6. The van der Waals surface area contributed by atoms with Crippen LogP contribution in [0.1, 0.15) is 40.2 Å². The van der Waals surface area contributed by atoms with Crippen molar-refractivity contribution in [2.45, 2.75) is 32.1 Å². The molecule has 1 aromatic heterocycles. The molecular formula is C22H24FN3O3S2. The molecule has 0 aliphatic carbocycles.